The van der Waals surface area contributed by atoms with Crippen molar-refractivity contribution in [2.45, 2.75) is 13.0 Å². The second-order valence-corrected chi connectivity index (χ2v) is 5.53. The van der Waals surface area contributed by atoms with Crippen molar-refractivity contribution in [3.63, 3.8) is 0 Å². The highest BCUT2D eigenvalue weighted by atomic mass is 16.5. The molecule has 26 heavy (non-hydrogen) atoms. The van der Waals surface area contributed by atoms with Crippen LogP contribution in [0, 0.1) is 0 Å². The van der Waals surface area contributed by atoms with Crippen molar-refractivity contribution in [3.05, 3.63) is 60.0 Å². The maximum absolute atomic E-state index is 12.1. The Hall–Kier alpha value is -3.35. The van der Waals surface area contributed by atoms with Gasteiger partial charge >= 0.3 is 0 Å². The maximum Gasteiger partial charge on any atom is 0.247 e. The first-order valence-corrected chi connectivity index (χ1v) is 8.04. The molecule has 1 aromatic heterocycles. The molecule has 0 aliphatic carbocycles. The molecule has 0 saturated heterocycles. The van der Waals surface area contributed by atoms with Crippen LogP contribution in [0.5, 0.6) is 11.5 Å². The van der Waals surface area contributed by atoms with Gasteiger partial charge in [0.2, 0.25) is 17.7 Å². The van der Waals surface area contributed by atoms with E-state index in [0.29, 0.717) is 17.5 Å². The standard InChI is InChI=1S/C19H19N3O4/c1-24-15-8-6-13(7-9-15)10-17(23)20-12-18-21-22-19(26-18)14-4-3-5-16(11-14)25-2/h3-9,11H,10,12H2,1-2H3,(H,20,23). The molecule has 0 fully saturated rings. The summed E-state index contributed by atoms with van der Waals surface area (Å²) in [5, 5.41) is 10.7. The van der Waals surface area contributed by atoms with E-state index in [1.807, 2.05) is 42.5 Å². The third kappa shape index (κ3) is 4.38. The van der Waals surface area contributed by atoms with Crippen LogP contribution in [0.1, 0.15) is 11.5 Å². The molecule has 3 rings (SSSR count). The monoisotopic (exact) mass is 353 g/mol. The summed E-state index contributed by atoms with van der Waals surface area (Å²) in [5.74, 6) is 2.05. The summed E-state index contributed by atoms with van der Waals surface area (Å²) < 4.78 is 15.9. The second-order valence-electron chi connectivity index (χ2n) is 5.53. The predicted molar refractivity (Wildman–Crippen MR) is 94.8 cm³/mol. The lowest BCUT2D eigenvalue weighted by Gasteiger charge is -2.04. The third-order valence-corrected chi connectivity index (χ3v) is 3.74. The zero-order chi connectivity index (χ0) is 18.4. The number of carbonyl (C=O) groups excluding carboxylic acids is 1. The normalized spacial score (nSPS) is 10.4. The highest BCUT2D eigenvalue weighted by Gasteiger charge is 2.11. The number of ether oxygens (including phenoxy) is 2. The number of rotatable bonds is 7. The summed E-state index contributed by atoms with van der Waals surface area (Å²) in [6, 6.07) is 14.7. The van der Waals surface area contributed by atoms with Gasteiger partial charge in [0, 0.05) is 5.56 Å². The van der Waals surface area contributed by atoms with Crippen molar-refractivity contribution >= 4 is 5.91 Å². The molecule has 0 unspecified atom stereocenters. The fourth-order valence-corrected chi connectivity index (χ4v) is 2.36. The number of nitrogens with one attached hydrogen (secondary N) is 1. The molecule has 0 bridgehead atoms. The number of hydrogen-bond acceptors (Lipinski definition) is 6. The van der Waals surface area contributed by atoms with Gasteiger partial charge in [0.15, 0.2) is 0 Å². The van der Waals surface area contributed by atoms with Gasteiger partial charge in [-0.25, -0.2) is 0 Å². The highest BCUT2D eigenvalue weighted by Crippen LogP contribution is 2.22. The lowest BCUT2D eigenvalue weighted by atomic mass is 10.1. The molecule has 1 amide bonds. The van der Waals surface area contributed by atoms with E-state index in [-0.39, 0.29) is 18.9 Å². The average molecular weight is 353 g/mol. The Morgan fingerprint density at radius 1 is 1.04 bits per heavy atom. The molecule has 134 valence electrons. The average Bonchev–Trinajstić information content (AvgIpc) is 3.16. The summed E-state index contributed by atoms with van der Waals surface area (Å²) >= 11 is 0. The van der Waals surface area contributed by atoms with E-state index in [2.05, 4.69) is 15.5 Å². The van der Waals surface area contributed by atoms with Crippen LogP contribution in [-0.4, -0.2) is 30.3 Å². The molecule has 2 aromatic carbocycles. The lowest BCUT2D eigenvalue weighted by molar-refractivity contribution is -0.120. The largest absolute Gasteiger partial charge is 0.497 e. The van der Waals surface area contributed by atoms with E-state index >= 15 is 0 Å². The summed E-state index contributed by atoms with van der Waals surface area (Å²) in [7, 11) is 3.20. The first kappa shape index (κ1) is 17.5. The van der Waals surface area contributed by atoms with E-state index in [1.54, 1.807) is 20.3 Å². The number of aromatic nitrogens is 2. The highest BCUT2D eigenvalue weighted by molar-refractivity contribution is 5.78. The van der Waals surface area contributed by atoms with Crippen LogP contribution in [0.15, 0.2) is 52.9 Å². The van der Waals surface area contributed by atoms with Crippen LogP contribution in [-0.2, 0) is 17.8 Å². The number of carbonyl (C=O) groups is 1. The molecular weight excluding hydrogens is 334 g/mol. The summed E-state index contributed by atoms with van der Waals surface area (Å²) in [4.78, 5) is 12.1. The number of nitrogens with zero attached hydrogens (tertiary/aromatic N) is 2. The first-order chi connectivity index (χ1) is 12.7. The number of amides is 1. The number of methoxy groups -OCH3 is 2. The van der Waals surface area contributed by atoms with Crippen LogP contribution in [0.2, 0.25) is 0 Å². The quantitative estimate of drug-likeness (QED) is 0.703. The van der Waals surface area contributed by atoms with Crippen LogP contribution in [0.3, 0.4) is 0 Å². The molecule has 0 radical (unpaired) electrons. The molecule has 0 atom stereocenters. The zero-order valence-electron chi connectivity index (χ0n) is 14.6. The Kier molecular flexibility index (Phi) is 5.48. The molecule has 0 saturated carbocycles. The van der Waals surface area contributed by atoms with Gasteiger partial charge in [0.25, 0.3) is 0 Å². The van der Waals surface area contributed by atoms with Crippen molar-refractivity contribution in [2.75, 3.05) is 14.2 Å². The molecule has 3 aromatic rings. The Labute approximate surface area is 151 Å². The fourth-order valence-electron chi connectivity index (χ4n) is 2.36. The van der Waals surface area contributed by atoms with Crippen LogP contribution in [0.4, 0.5) is 0 Å². The Bertz CT molecular complexity index is 875. The minimum atomic E-state index is -0.128. The second kappa shape index (κ2) is 8.15. The summed E-state index contributed by atoms with van der Waals surface area (Å²) in [5.41, 5.74) is 1.65. The summed E-state index contributed by atoms with van der Waals surface area (Å²) in [6.45, 7) is 0.173. The van der Waals surface area contributed by atoms with Crippen molar-refractivity contribution in [2.24, 2.45) is 0 Å². The van der Waals surface area contributed by atoms with Gasteiger partial charge in [-0.2, -0.15) is 0 Å². The molecule has 0 spiro atoms. The first-order valence-electron chi connectivity index (χ1n) is 8.04. The molecule has 0 aliphatic heterocycles. The van der Waals surface area contributed by atoms with Crippen LogP contribution in [0.25, 0.3) is 11.5 Å². The van der Waals surface area contributed by atoms with Gasteiger partial charge in [-0.05, 0) is 35.9 Å². The number of benzene rings is 2. The Balaban J connectivity index is 1.56. The maximum atomic E-state index is 12.1. The van der Waals surface area contributed by atoms with Gasteiger partial charge in [-0.3, -0.25) is 4.79 Å². The zero-order valence-corrected chi connectivity index (χ0v) is 14.6. The summed E-state index contributed by atoms with van der Waals surface area (Å²) in [6.07, 6.45) is 0.265. The fraction of sp³-hybridized carbons (Fsp3) is 0.211. The van der Waals surface area contributed by atoms with Gasteiger partial charge < -0.3 is 19.2 Å². The number of hydrogen-bond donors (Lipinski definition) is 1. The Morgan fingerprint density at radius 2 is 1.81 bits per heavy atom. The smallest absolute Gasteiger partial charge is 0.247 e. The van der Waals surface area contributed by atoms with Crippen molar-refractivity contribution < 1.29 is 18.7 Å². The van der Waals surface area contributed by atoms with E-state index in [0.717, 1.165) is 16.9 Å². The van der Waals surface area contributed by atoms with E-state index < -0.39 is 0 Å². The molecule has 0 aliphatic rings. The van der Waals surface area contributed by atoms with Gasteiger partial charge in [-0.15, -0.1) is 10.2 Å². The molecule has 1 N–H and O–H groups in total. The van der Waals surface area contributed by atoms with Crippen molar-refractivity contribution in [1.82, 2.24) is 15.5 Å². The van der Waals surface area contributed by atoms with Gasteiger partial charge in [0.1, 0.15) is 11.5 Å². The van der Waals surface area contributed by atoms with Crippen molar-refractivity contribution in [1.29, 1.82) is 0 Å². The molecular formula is C19H19N3O4. The SMILES string of the molecule is COc1ccc(CC(=O)NCc2nnc(-c3cccc(OC)c3)o2)cc1. The minimum Gasteiger partial charge on any atom is -0.497 e. The molecule has 1 heterocycles. The third-order valence-electron chi connectivity index (χ3n) is 3.74. The molecule has 7 nitrogen and oxygen atoms in total. The Morgan fingerprint density at radius 3 is 2.54 bits per heavy atom. The predicted octanol–water partition coefficient (Wildman–Crippen LogP) is 2.61. The van der Waals surface area contributed by atoms with E-state index in [9.17, 15) is 4.79 Å². The van der Waals surface area contributed by atoms with E-state index in [1.165, 1.54) is 0 Å². The lowest BCUT2D eigenvalue weighted by Crippen LogP contribution is -2.24. The van der Waals surface area contributed by atoms with Gasteiger partial charge in [-0.1, -0.05) is 18.2 Å². The topological polar surface area (TPSA) is 86.5 Å². The van der Waals surface area contributed by atoms with Crippen LogP contribution >= 0.6 is 0 Å². The van der Waals surface area contributed by atoms with Crippen LogP contribution < -0.4 is 14.8 Å². The van der Waals surface area contributed by atoms with Crippen molar-refractivity contribution in [3.8, 4) is 23.0 Å². The van der Waals surface area contributed by atoms with E-state index in [4.69, 9.17) is 13.9 Å². The minimum absolute atomic E-state index is 0.128. The van der Waals surface area contributed by atoms with Gasteiger partial charge in [0.05, 0.1) is 27.2 Å². The molecule has 7 heteroatoms.